The molecule has 1 aliphatic heterocycles. The highest BCUT2D eigenvalue weighted by molar-refractivity contribution is 6.11. The monoisotopic (exact) mass is 359 g/mol. The van der Waals surface area contributed by atoms with Crippen molar-refractivity contribution in [2.45, 2.75) is 13.5 Å². The van der Waals surface area contributed by atoms with E-state index in [4.69, 9.17) is 13.9 Å². The van der Waals surface area contributed by atoms with Gasteiger partial charge in [0.1, 0.15) is 12.4 Å². The van der Waals surface area contributed by atoms with E-state index >= 15 is 0 Å². The molecule has 2 heterocycles. The number of aliphatic imine (C=N–C) groups is 1. The maximum atomic E-state index is 12.0. The summed E-state index contributed by atoms with van der Waals surface area (Å²) in [6.07, 6.45) is 3.17. The number of aryl methyl sites for hydroxylation is 1. The molecule has 2 aromatic carbocycles. The highest BCUT2D eigenvalue weighted by Crippen LogP contribution is 2.21. The van der Waals surface area contributed by atoms with Crippen molar-refractivity contribution in [2.75, 3.05) is 0 Å². The van der Waals surface area contributed by atoms with Crippen LogP contribution in [0.1, 0.15) is 22.5 Å². The molecule has 5 nitrogen and oxygen atoms in total. The van der Waals surface area contributed by atoms with Gasteiger partial charge in [0.2, 0.25) is 0 Å². The Morgan fingerprint density at radius 1 is 1.04 bits per heavy atom. The van der Waals surface area contributed by atoms with E-state index in [0.717, 1.165) is 16.9 Å². The fourth-order valence-electron chi connectivity index (χ4n) is 2.67. The maximum absolute atomic E-state index is 12.0. The molecule has 0 fully saturated rings. The summed E-state index contributed by atoms with van der Waals surface area (Å²) >= 11 is 0. The Hall–Kier alpha value is -3.60. The summed E-state index contributed by atoms with van der Waals surface area (Å²) in [5.74, 6) is 0.858. The number of nitrogens with zero attached hydrogens (tertiary/aromatic N) is 1. The highest BCUT2D eigenvalue weighted by atomic mass is 16.6. The molecule has 134 valence electrons. The first-order valence-electron chi connectivity index (χ1n) is 8.53. The van der Waals surface area contributed by atoms with E-state index in [1.54, 1.807) is 18.2 Å². The molecular formula is C22H17NO4. The quantitative estimate of drug-likeness (QED) is 0.497. The number of esters is 1. The van der Waals surface area contributed by atoms with Gasteiger partial charge in [-0.25, -0.2) is 9.79 Å². The van der Waals surface area contributed by atoms with Crippen molar-refractivity contribution in [1.29, 1.82) is 0 Å². The van der Waals surface area contributed by atoms with Crippen LogP contribution in [0.3, 0.4) is 0 Å². The predicted octanol–water partition coefficient (Wildman–Crippen LogP) is 4.51. The second-order valence-electron chi connectivity index (χ2n) is 6.10. The SMILES string of the molecule is Cc1ccccc1COc1ccc(/C=C2\N=C(c3ccco3)OC2=O)cc1. The lowest BCUT2D eigenvalue weighted by Crippen LogP contribution is -2.04. The molecule has 0 amide bonds. The minimum atomic E-state index is -0.499. The van der Waals surface area contributed by atoms with Crippen LogP contribution < -0.4 is 4.74 Å². The molecule has 3 aromatic rings. The first-order chi connectivity index (χ1) is 13.2. The van der Waals surface area contributed by atoms with Crippen molar-refractivity contribution in [2.24, 2.45) is 4.99 Å². The van der Waals surface area contributed by atoms with Gasteiger partial charge < -0.3 is 13.9 Å². The molecule has 0 radical (unpaired) electrons. The number of carbonyl (C=O) groups excluding carboxylic acids is 1. The van der Waals surface area contributed by atoms with E-state index in [2.05, 4.69) is 24.0 Å². The Morgan fingerprint density at radius 3 is 2.59 bits per heavy atom. The van der Waals surface area contributed by atoms with Crippen LogP contribution in [-0.2, 0) is 16.1 Å². The van der Waals surface area contributed by atoms with E-state index in [1.165, 1.54) is 11.8 Å². The lowest BCUT2D eigenvalue weighted by atomic mass is 10.1. The summed E-state index contributed by atoms with van der Waals surface area (Å²) in [6.45, 7) is 2.57. The largest absolute Gasteiger partial charge is 0.489 e. The molecular weight excluding hydrogens is 342 g/mol. The second-order valence-corrected chi connectivity index (χ2v) is 6.10. The zero-order valence-electron chi connectivity index (χ0n) is 14.7. The maximum Gasteiger partial charge on any atom is 0.363 e. The molecule has 1 aromatic heterocycles. The summed E-state index contributed by atoms with van der Waals surface area (Å²) in [6, 6.07) is 19.0. The van der Waals surface area contributed by atoms with Gasteiger partial charge in [0.15, 0.2) is 11.5 Å². The predicted molar refractivity (Wildman–Crippen MR) is 101 cm³/mol. The van der Waals surface area contributed by atoms with Crippen LogP contribution in [0.25, 0.3) is 6.08 Å². The zero-order valence-corrected chi connectivity index (χ0v) is 14.7. The summed E-state index contributed by atoms with van der Waals surface area (Å²) in [7, 11) is 0. The summed E-state index contributed by atoms with van der Waals surface area (Å²) in [5, 5.41) is 0. The second kappa shape index (κ2) is 7.33. The van der Waals surface area contributed by atoms with Crippen LogP contribution in [0, 0.1) is 6.92 Å². The third kappa shape index (κ3) is 3.82. The van der Waals surface area contributed by atoms with Crippen LogP contribution in [0.2, 0.25) is 0 Å². The molecule has 0 aliphatic carbocycles. The standard InChI is InChI=1S/C22H17NO4/c1-15-5-2-3-6-17(15)14-26-18-10-8-16(9-11-18)13-19-22(24)27-21(23-19)20-7-4-12-25-20/h2-13H,14H2,1H3/b19-13-. The first kappa shape index (κ1) is 16.8. The van der Waals surface area contributed by atoms with Crippen molar-refractivity contribution >= 4 is 17.9 Å². The average molecular weight is 359 g/mol. The van der Waals surface area contributed by atoms with Crippen LogP contribution in [-0.4, -0.2) is 11.9 Å². The van der Waals surface area contributed by atoms with Gasteiger partial charge in [-0.05, 0) is 54.0 Å². The Kier molecular flexibility index (Phi) is 4.58. The van der Waals surface area contributed by atoms with Gasteiger partial charge >= 0.3 is 5.97 Å². The van der Waals surface area contributed by atoms with Crippen molar-refractivity contribution in [3.8, 4) is 5.75 Å². The third-order valence-corrected chi connectivity index (χ3v) is 4.19. The van der Waals surface area contributed by atoms with Crippen molar-refractivity contribution in [1.82, 2.24) is 0 Å². The van der Waals surface area contributed by atoms with Gasteiger partial charge in [-0.15, -0.1) is 0 Å². The number of ether oxygens (including phenoxy) is 2. The Balaban J connectivity index is 1.45. The fraction of sp³-hybridized carbons (Fsp3) is 0.0909. The van der Waals surface area contributed by atoms with E-state index in [-0.39, 0.29) is 11.6 Å². The topological polar surface area (TPSA) is 61.0 Å². The molecule has 0 unspecified atom stereocenters. The van der Waals surface area contributed by atoms with E-state index < -0.39 is 5.97 Å². The number of rotatable bonds is 5. The zero-order chi connectivity index (χ0) is 18.6. The smallest absolute Gasteiger partial charge is 0.363 e. The van der Waals surface area contributed by atoms with Gasteiger partial charge in [0.05, 0.1) is 6.26 Å². The van der Waals surface area contributed by atoms with Crippen molar-refractivity contribution in [3.05, 3.63) is 95.1 Å². The molecule has 0 bridgehead atoms. The fourth-order valence-corrected chi connectivity index (χ4v) is 2.67. The molecule has 0 atom stereocenters. The van der Waals surface area contributed by atoms with Crippen LogP contribution in [0.15, 0.2) is 82.0 Å². The lowest BCUT2D eigenvalue weighted by molar-refractivity contribution is -0.130. The number of furan rings is 1. The Bertz CT molecular complexity index is 1010. The molecule has 0 saturated carbocycles. The van der Waals surface area contributed by atoms with Crippen molar-refractivity contribution in [3.63, 3.8) is 0 Å². The van der Waals surface area contributed by atoms with Crippen LogP contribution in [0.4, 0.5) is 0 Å². The summed E-state index contributed by atoms with van der Waals surface area (Å²) < 4.78 is 16.2. The minimum absolute atomic E-state index is 0.175. The van der Waals surface area contributed by atoms with Crippen molar-refractivity contribution < 1.29 is 18.7 Å². The number of carbonyl (C=O) groups is 1. The average Bonchev–Trinajstić information content (AvgIpc) is 3.33. The van der Waals surface area contributed by atoms with E-state index in [1.807, 2.05) is 36.4 Å². The van der Waals surface area contributed by atoms with Gasteiger partial charge in [0, 0.05) is 0 Å². The molecule has 0 N–H and O–H groups in total. The summed E-state index contributed by atoms with van der Waals surface area (Å²) in [5.41, 5.74) is 3.41. The third-order valence-electron chi connectivity index (χ3n) is 4.19. The molecule has 5 heteroatoms. The Labute approximate surface area is 156 Å². The molecule has 27 heavy (non-hydrogen) atoms. The number of hydrogen-bond acceptors (Lipinski definition) is 5. The summed E-state index contributed by atoms with van der Waals surface area (Å²) in [4.78, 5) is 16.2. The van der Waals surface area contributed by atoms with Crippen LogP contribution >= 0.6 is 0 Å². The molecule has 0 spiro atoms. The van der Waals surface area contributed by atoms with Crippen LogP contribution in [0.5, 0.6) is 5.75 Å². The molecule has 1 aliphatic rings. The molecule has 0 saturated heterocycles. The number of hydrogen-bond donors (Lipinski definition) is 0. The minimum Gasteiger partial charge on any atom is -0.489 e. The van der Waals surface area contributed by atoms with Gasteiger partial charge in [0.25, 0.3) is 5.90 Å². The Morgan fingerprint density at radius 2 is 1.85 bits per heavy atom. The first-order valence-corrected chi connectivity index (χ1v) is 8.53. The van der Waals surface area contributed by atoms with Gasteiger partial charge in [-0.2, -0.15) is 0 Å². The van der Waals surface area contributed by atoms with Gasteiger partial charge in [-0.3, -0.25) is 0 Å². The molecule has 4 rings (SSSR count). The lowest BCUT2D eigenvalue weighted by Gasteiger charge is -2.08. The van der Waals surface area contributed by atoms with E-state index in [9.17, 15) is 4.79 Å². The van der Waals surface area contributed by atoms with Gasteiger partial charge in [-0.1, -0.05) is 36.4 Å². The number of benzene rings is 2. The highest BCUT2D eigenvalue weighted by Gasteiger charge is 2.25. The normalized spacial score (nSPS) is 14.9. The van der Waals surface area contributed by atoms with E-state index in [0.29, 0.717) is 12.4 Å². The number of cyclic esters (lactones) is 1.